The van der Waals surface area contributed by atoms with Gasteiger partial charge in [0.25, 0.3) is 0 Å². The summed E-state index contributed by atoms with van der Waals surface area (Å²) < 4.78 is 7.79. The fourth-order valence-corrected chi connectivity index (χ4v) is 2.89. The van der Waals surface area contributed by atoms with E-state index < -0.39 is 0 Å². The standard InChI is InChI=1S/C16H29N3O/c1-12-15(8-9-17-16(3,4)5)13(2)19(18-12)14-7-6-10-20-11-14/h14,17H,6-11H2,1-5H3. The van der Waals surface area contributed by atoms with E-state index in [9.17, 15) is 0 Å². The number of nitrogens with one attached hydrogen (secondary N) is 1. The predicted octanol–water partition coefficient (Wildman–Crippen LogP) is 2.78. The van der Waals surface area contributed by atoms with Crippen molar-refractivity contribution >= 4 is 0 Å². The molecular formula is C16H29N3O. The van der Waals surface area contributed by atoms with Crippen LogP contribution in [0.3, 0.4) is 0 Å². The van der Waals surface area contributed by atoms with E-state index in [1.165, 1.54) is 23.4 Å². The van der Waals surface area contributed by atoms with Gasteiger partial charge in [-0.1, -0.05) is 0 Å². The van der Waals surface area contributed by atoms with Crippen molar-refractivity contribution in [3.05, 3.63) is 17.0 Å². The van der Waals surface area contributed by atoms with Crippen molar-refractivity contribution in [1.82, 2.24) is 15.1 Å². The minimum absolute atomic E-state index is 0.176. The Hall–Kier alpha value is -0.870. The van der Waals surface area contributed by atoms with Crippen LogP contribution >= 0.6 is 0 Å². The zero-order valence-electron chi connectivity index (χ0n) is 13.6. The molecule has 0 aliphatic carbocycles. The molecular weight excluding hydrogens is 250 g/mol. The van der Waals surface area contributed by atoms with Crippen LogP contribution in [0.15, 0.2) is 0 Å². The van der Waals surface area contributed by atoms with Gasteiger partial charge in [-0.3, -0.25) is 4.68 Å². The topological polar surface area (TPSA) is 39.1 Å². The molecule has 0 radical (unpaired) electrons. The molecule has 4 nitrogen and oxygen atoms in total. The van der Waals surface area contributed by atoms with Crippen LogP contribution in [0.4, 0.5) is 0 Å². The normalized spacial score (nSPS) is 20.4. The average Bonchev–Trinajstić information content (AvgIpc) is 2.66. The van der Waals surface area contributed by atoms with Crippen LogP contribution in [0.2, 0.25) is 0 Å². The highest BCUT2D eigenvalue weighted by molar-refractivity contribution is 5.25. The zero-order chi connectivity index (χ0) is 14.8. The first kappa shape index (κ1) is 15.5. The van der Waals surface area contributed by atoms with E-state index in [1.54, 1.807) is 0 Å². The number of aryl methyl sites for hydroxylation is 1. The highest BCUT2D eigenvalue weighted by Gasteiger charge is 2.21. The van der Waals surface area contributed by atoms with Gasteiger partial charge in [-0.25, -0.2) is 0 Å². The molecule has 0 saturated carbocycles. The van der Waals surface area contributed by atoms with Crippen molar-refractivity contribution in [3.8, 4) is 0 Å². The second kappa shape index (κ2) is 6.27. The van der Waals surface area contributed by atoms with E-state index in [4.69, 9.17) is 9.84 Å². The SMILES string of the molecule is Cc1nn(C2CCCOC2)c(C)c1CCNC(C)(C)C. The van der Waals surface area contributed by atoms with Gasteiger partial charge in [0.1, 0.15) is 0 Å². The van der Waals surface area contributed by atoms with Gasteiger partial charge >= 0.3 is 0 Å². The summed E-state index contributed by atoms with van der Waals surface area (Å²) in [7, 11) is 0. The molecule has 1 unspecified atom stereocenters. The third-order valence-corrected chi connectivity index (χ3v) is 3.99. The van der Waals surface area contributed by atoms with E-state index in [2.05, 4.69) is 44.6 Å². The molecule has 0 bridgehead atoms. The fourth-order valence-electron chi connectivity index (χ4n) is 2.89. The number of hydrogen-bond donors (Lipinski definition) is 1. The third kappa shape index (κ3) is 3.83. The van der Waals surface area contributed by atoms with E-state index in [0.717, 1.165) is 32.6 Å². The van der Waals surface area contributed by atoms with Gasteiger partial charge in [-0.05, 0) is 66.0 Å². The monoisotopic (exact) mass is 279 g/mol. The van der Waals surface area contributed by atoms with Gasteiger partial charge < -0.3 is 10.1 Å². The Bertz CT molecular complexity index is 439. The highest BCUT2D eigenvalue weighted by atomic mass is 16.5. The maximum absolute atomic E-state index is 5.59. The Morgan fingerprint density at radius 3 is 2.70 bits per heavy atom. The van der Waals surface area contributed by atoms with Crippen LogP contribution in [0.5, 0.6) is 0 Å². The molecule has 1 atom stereocenters. The largest absolute Gasteiger partial charge is 0.379 e. The third-order valence-electron chi connectivity index (χ3n) is 3.99. The Morgan fingerprint density at radius 1 is 1.35 bits per heavy atom. The maximum atomic E-state index is 5.59. The molecule has 114 valence electrons. The van der Waals surface area contributed by atoms with Gasteiger partial charge in [0, 0.05) is 17.8 Å². The van der Waals surface area contributed by atoms with Gasteiger partial charge in [-0.2, -0.15) is 5.10 Å². The lowest BCUT2D eigenvalue weighted by Gasteiger charge is -2.24. The number of ether oxygens (including phenoxy) is 1. The quantitative estimate of drug-likeness (QED) is 0.921. The van der Waals surface area contributed by atoms with Gasteiger partial charge in [0.05, 0.1) is 18.3 Å². The molecule has 0 aromatic carbocycles. The van der Waals surface area contributed by atoms with Crippen LogP contribution in [0, 0.1) is 13.8 Å². The van der Waals surface area contributed by atoms with Crippen molar-refractivity contribution < 1.29 is 4.74 Å². The Kier molecular flexibility index (Phi) is 4.86. The molecule has 2 heterocycles. The minimum atomic E-state index is 0.176. The smallest absolute Gasteiger partial charge is 0.0756 e. The molecule has 1 aliphatic rings. The van der Waals surface area contributed by atoms with E-state index in [1.807, 2.05) is 0 Å². The number of hydrogen-bond acceptors (Lipinski definition) is 3. The van der Waals surface area contributed by atoms with Crippen molar-refractivity contribution in [2.24, 2.45) is 0 Å². The summed E-state index contributed by atoms with van der Waals surface area (Å²) in [5, 5.41) is 8.31. The first-order chi connectivity index (χ1) is 9.38. The lowest BCUT2D eigenvalue weighted by Crippen LogP contribution is -2.37. The summed E-state index contributed by atoms with van der Waals surface area (Å²) in [4.78, 5) is 0. The molecule has 0 amide bonds. The van der Waals surface area contributed by atoms with E-state index in [0.29, 0.717) is 6.04 Å². The summed E-state index contributed by atoms with van der Waals surface area (Å²) in [6.45, 7) is 13.6. The van der Waals surface area contributed by atoms with Crippen LogP contribution in [0.1, 0.15) is 56.6 Å². The van der Waals surface area contributed by atoms with Gasteiger partial charge in [0.15, 0.2) is 0 Å². The molecule has 1 saturated heterocycles. The molecule has 1 N–H and O–H groups in total. The van der Waals surface area contributed by atoms with Gasteiger partial charge in [-0.15, -0.1) is 0 Å². The Morgan fingerprint density at radius 2 is 2.10 bits per heavy atom. The molecule has 4 heteroatoms. The summed E-state index contributed by atoms with van der Waals surface area (Å²) in [5.41, 5.74) is 4.06. The van der Waals surface area contributed by atoms with E-state index >= 15 is 0 Å². The van der Waals surface area contributed by atoms with Crippen molar-refractivity contribution in [2.75, 3.05) is 19.8 Å². The van der Waals surface area contributed by atoms with Gasteiger partial charge in [0.2, 0.25) is 0 Å². The first-order valence-electron chi connectivity index (χ1n) is 7.76. The van der Waals surface area contributed by atoms with Crippen molar-refractivity contribution in [3.63, 3.8) is 0 Å². The Balaban J connectivity index is 2.04. The zero-order valence-corrected chi connectivity index (χ0v) is 13.6. The van der Waals surface area contributed by atoms with Crippen LogP contribution in [-0.2, 0) is 11.2 Å². The number of nitrogens with zero attached hydrogens (tertiary/aromatic N) is 2. The average molecular weight is 279 g/mol. The highest BCUT2D eigenvalue weighted by Crippen LogP contribution is 2.24. The lowest BCUT2D eigenvalue weighted by molar-refractivity contribution is 0.0541. The molecule has 20 heavy (non-hydrogen) atoms. The molecule has 1 aliphatic heterocycles. The van der Waals surface area contributed by atoms with Crippen molar-refractivity contribution in [2.45, 2.75) is 65.5 Å². The lowest BCUT2D eigenvalue weighted by atomic mass is 10.1. The molecule has 1 aromatic heterocycles. The van der Waals surface area contributed by atoms with Crippen molar-refractivity contribution in [1.29, 1.82) is 0 Å². The first-order valence-corrected chi connectivity index (χ1v) is 7.76. The second-order valence-electron chi connectivity index (χ2n) is 6.89. The molecule has 1 aromatic rings. The molecule has 2 rings (SSSR count). The molecule has 0 spiro atoms. The summed E-state index contributed by atoms with van der Waals surface area (Å²) in [6.07, 6.45) is 3.37. The maximum Gasteiger partial charge on any atom is 0.0756 e. The number of rotatable bonds is 4. The number of aromatic nitrogens is 2. The predicted molar refractivity (Wildman–Crippen MR) is 82.3 cm³/mol. The van der Waals surface area contributed by atoms with Crippen LogP contribution in [-0.4, -0.2) is 35.1 Å². The van der Waals surface area contributed by atoms with Crippen LogP contribution < -0.4 is 5.32 Å². The Labute approximate surface area is 122 Å². The van der Waals surface area contributed by atoms with Crippen LogP contribution in [0.25, 0.3) is 0 Å². The molecule has 1 fully saturated rings. The summed E-state index contributed by atoms with van der Waals surface area (Å²) in [5.74, 6) is 0. The van der Waals surface area contributed by atoms with E-state index in [-0.39, 0.29) is 5.54 Å². The second-order valence-corrected chi connectivity index (χ2v) is 6.89. The minimum Gasteiger partial charge on any atom is -0.379 e. The fraction of sp³-hybridized carbons (Fsp3) is 0.812. The summed E-state index contributed by atoms with van der Waals surface area (Å²) >= 11 is 0. The summed E-state index contributed by atoms with van der Waals surface area (Å²) in [6, 6.07) is 0.423.